The van der Waals surface area contributed by atoms with Crippen molar-refractivity contribution in [3.8, 4) is 0 Å². The maximum atomic E-state index is 12.3. The molecule has 1 amide bonds. The van der Waals surface area contributed by atoms with Gasteiger partial charge in [0, 0.05) is 36.7 Å². The number of hydrogen-bond acceptors (Lipinski definition) is 6. The van der Waals surface area contributed by atoms with Gasteiger partial charge in [-0.25, -0.2) is 9.97 Å². The molecule has 3 aromatic rings. The predicted molar refractivity (Wildman–Crippen MR) is 110 cm³/mol. The average molecular weight is 375 g/mol. The summed E-state index contributed by atoms with van der Waals surface area (Å²) in [6.45, 7) is 1.51. The van der Waals surface area contributed by atoms with Gasteiger partial charge >= 0.3 is 0 Å². The van der Waals surface area contributed by atoms with Gasteiger partial charge in [-0.05, 0) is 43.3 Å². The number of carbonyl (C=O) groups excluding carboxylic acids is 2. The number of anilines is 4. The van der Waals surface area contributed by atoms with E-state index < -0.39 is 0 Å². The van der Waals surface area contributed by atoms with Crippen LogP contribution in [0.4, 0.5) is 22.9 Å². The van der Waals surface area contributed by atoms with Gasteiger partial charge in [0.1, 0.15) is 11.5 Å². The van der Waals surface area contributed by atoms with E-state index in [0.29, 0.717) is 17.1 Å². The number of ketones is 1. The van der Waals surface area contributed by atoms with Gasteiger partial charge in [-0.2, -0.15) is 0 Å². The fourth-order valence-electron chi connectivity index (χ4n) is 2.51. The summed E-state index contributed by atoms with van der Waals surface area (Å²) >= 11 is 0. The molecule has 0 bridgehead atoms. The lowest BCUT2D eigenvalue weighted by molar-refractivity contribution is 0.101. The Morgan fingerprint density at radius 3 is 2.29 bits per heavy atom. The second-order valence-corrected chi connectivity index (χ2v) is 6.44. The molecule has 0 saturated heterocycles. The topological polar surface area (TPSA) is 87.2 Å². The fourth-order valence-corrected chi connectivity index (χ4v) is 2.51. The van der Waals surface area contributed by atoms with Crippen molar-refractivity contribution in [3.05, 3.63) is 72.2 Å². The van der Waals surface area contributed by atoms with E-state index in [2.05, 4.69) is 20.6 Å². The number of carbonyl (C=O) groups is 2. The molecule has 0 spiro atoms. The second kappa shape index (κ2) is 8.30. The molecular weight excluding hydrogens is 354 g/mol. The van der Waals surface area contributed by atoms with Crippen LogP contribution in [0.5, 0.6) is 0 Å². The first kappa shape index (κ1) is 19.0. The number of benzene rings is 2. The smallest absolute Gasteiger partial charge is 0.275 e. The summed E-state index contributed by atoms with van der Waals surface area (Å²) in [5.74, 6) is 0.128. The third-order valence-corrected chi connectivity index (χ3v) is 4.07. The lowest BCUT2D eigenvalue weighted by Crippen LogP contribution is -2.14. The van der Waals surface area contributed by atoms with E-state index in [-0.39, 0.29) is 17.4 Å². The minimum Gasteiger partial charge on any atom is -0.378 e. The quantitative estimate of drug-likeness (QED) is 0.638. The van der Waals surface area contributed by atoms with Gasteiger partial charge in [-0.15, -0.1) is 0 Å². The van der Waals surface area contributed by atoms with E-state index >= 15 is 0 Å². The maximum absolute atomic E-state index is 12.3. The van der Waals surface area contributed by atoms with Gasteiger partial charge < -0.3 is 15.5 Å². The summed E-state index contributed by atoms with van der Waals surface area (Å²) in [7, 11) is 3.91. The van der Waals surface area contributed by atoms with Crippen LogP contribution in [0.15, 0.2) is 60.9 Å². The molecule has 2 aromatic carbocycles. The molecule has 7 nitrogen and oxygen atoms in total. The Hall–Kier alpha value is -3.74. The number of rotatable bonds is 6. The Morgan fingerprint density at radius 1 is 0.929 bits per heavy atom. The standard InChI is InChI=1S/C21H21N5O2/c1-14(27)15-5-4-6-17(11-15)24-20-13-22-19(12-23-20)21(28)25-16-7-9-18(10-8-16)26(2)3/h4-13H,1-3H3,(H,23,24)(H,25,28). The zero-order valence-corrected chi connectivity index (χ0v) is 15.9. The highest BCUT2D eigenvalue weighted by atomic mass is 16.2. The highest BCUT2D eigenvalue weighted by Gasteiger charge is 2.09. The summed E-state index contributed by atoms with van der Waals surface area (Å²) in [6, 6.07) is 14.6. The molecular formula is C21H21N5O2. The van der Waals surface area contributed by atoms with Crippen molar-refractivity contribution in [1.82, 2.24) is 9.97 Å². The zero-order valence-electron chi connectivity index (χ0n) is 15.9. The molecule has 0 atom stereocenters. The molecule has 0 aliphatic heterocycles. The van der Waals surface area contributed by atoms with Crippen molar-refractivity contribution in [2.24, 2.45) is 0 Å². The highest BCUT2D eigenvalue weighted by Crippen LogP contribution is 2.18. The summed E-state index contributed by atoms with van der Waals surface area (Å²) in [5, 5.41) is 5.87. The predicted octanol–water partition coefficient (Wildman–Crippen LogP) is 3.74. The van der Waals surface area contributed by atoms with Gasteiger partial charge in [-0.1, -0.05) is 12.1 Å². The van der Waals surface area contributed by atoms with E-state index in [0.717, 1.165) is 11.4 Å². The van der Waals surface area contributed by atoms with E-state index in [9.17, 15) is 9.59 Å². The monoisotopic (exact) mass is 375 g/mol. The number of aromatic nitrogens is 2. The lowest BCUT2D eigenvalue weighted by atomic mass is 10.1. The van der Waals surface area contributed by atoms with Crippen LogP contribution in [0, 0.1) is 0 Å². The molecule has 0 radical (unpaired) electrons. The Kier molecular flexibility index (Phi) is 5.64. The minimum atomic E-state index is -0.338. The second-order valence-electron chi connectivity index (χ2n) is 6.44. The summed E-state index contributed by atoms with van der Waals surface area (Å²) < 4.78 is 0. The Bertz CT molecular complexity index is 982. The van der Waals surface area contributed by atoms with Crippen molar-refractivity contribution in [2.75, 3.05) is 29.6 Å². The number of hydrogen-bond donors (Lipinski definition) is 2. The lowest BCUT2D eigenvalue weighted by Gasteiger charge is -2.13. The Balaban J connectivity index is 1.65. The molecule has 1 heterocycles. The van der Waals surface area contributed by atoms with Crippen LogP contribution in [0.3, 0.4) is 0 Å². The van der Waals surface area contributed by atoms with Crippen LogP contribution in [0.2, 0.25) is 0 Å². The third kappa shape index (κ3) is 4.70. The zero-order chi connectivity index (χ0) is 20.1. The first-order valence-electron chi connectivity index (χ1n) is 8.71. The van der Waals surface area contributed by atoms with Crippen molar-refractivity contribution in [2.45, 2.75) is 6.92 Å². The van der Waals surface area contributed by atoms with Gasteiger partial charge in [0.25, 0.3) is 5.91 Å². The molecule has 0 aliphatic carbocycles. The van der Waals surface area contributed by atoms with Crippen molar-refractivity contribution < 1.29 is 9.59 Å². The van der Waals surface area contributed by atoms with Crippen LogP contribution in [-0.4, -0.2) is 35.8 Å². The van der Waals surface area contributed by atoms with E-state index in [1.807, 2.05) is 49.3 Å². The molecule has 3 rings (SSSR count). The molecule has 0 fully saturated rings. The van der Waals surface area contributed by atoms with E-state index in [1.54, 1.807) is 18.2 Å². The number of Topliss-reactive ketones (excluding diaryl/α,β-unsaturated/α-hetero) is 1. The van der Waals surface area contributed by atoms with Crippen LogP contribution >= 0.6 is 0 Å². The Labute approximate surface area is 163 Å². The summed E-state index contributed by atoms with van der Waals surface area (Å²) in [5.41, 5.74) is 3.26. The molecule has 28 heavy (non-hydrogen) atoms. The number of nitrogens with one attached hydrogen (secondary N) is 2. The van der Waals surface area contributed by atoms with Crippen LogP contribution < -0.4 is 15.5 Å². The molecule has 2 N–H and O–H groups in total. The normalized spacial score (nSPS) is 10.2. The first-order chi connectivity index (χ1) is 13.4. The molecule has 1 aromatic heterocycles. The van der Waals surface area contributed by atoms with Gasteiger partial charge in [0.15, 0.2) is 5.78 Å². The first-order valence-corrected chi connectivity index (χ1v) is 8.71. The average Bonchev–Trinajstić information content (AvgIpc) is 2.69. The molecule has 0 aliphatic rings. The van der Waals surface area contributed by atoms with Crippen molar-refractivity contribution in [3.63, 3.8) is 0 Å². The van der Waals surface area contributed by atoms with Crippen molar-refractivity contribution in [1.29, 1.82) is 0 Å². The van der Waals surface area contributed by atoms with Crippen molar-refractivity contribution >= 4 is 34.6 Å². The van der Waals surface area contributed by atoms with Crippen LogP contribution in [-0.2, 0) is 0 Å². The SMILES string of the molecule is CC(=O)c1cccc(Nc2cnc(C(=O)Nc3ccc(N(C)C)cc3)cn2)c1. The molecule has 142 valence electrons. The van der Waals surface area contributed by atoms with Crippen LogP contribution in [0.25, 0.3) is 0 Å². The van der Waals surface area contributed by atoms with Gasteiger partial charge in [0.2, 0.25) is 0 Å². The number of amides is 1. The molecule has 7 heteroatoms. The van der Waals surface area contributed by atoms with E-state index in [4.69, 9.17) is 0 Å². The maximum Gasteiger partial charge on any atom is 0.275 e. The molecule has 0 saturated carbocycles. The fraction of sp³-hybridized carbons (Fsp3) is 0.143. The van der Waals surface area contributed by atoms with Gasteiger partial charge in [0.05, 0.1) is 12.4 Å². The Morgan fingerprint density at radius 2 is 1.68 bits per heavy atom. The highest BCUT2D eigenvalue weighted by molar-refractivity contribution is 6.02. The minimum absolute atomic E-state index is 0.0135. The third-order valence-electron chi connectivity index (χ3n) is 4.07. The summed E-state index contributed by atoms with van der Waals surface area (Å²) in [4.78, 5) is 34.2. The molecule has 0 unspecified atom stereocenters. The van der Waals surface area contributed by atoms with E-state index in [1.165, 1.54) is 19.3 Å². The summed E-state index contributed by atoms with van der Waals surface area (Å²) in [6.07, 6.45) is 2.88. The largest absolute Gasteiger partial charge is 0.378 e. The number of nitrogens with zero attached hydrogens (tertiary/aromatic N) is 3. The van der Waals surface area contributed by atoms with Gasteiger partial charge in [-0.3, -0.25) is 9.59 Å². The van der Waals surface area contributed by atoms with Crippen LogP contribution in [0.1, 0.15) is 27.8 Å².